The van der Waals surface area contributed by atoms with Gasteiger partial charge in [-0.15, -0.1) is 0 Å². The van der Waals surface area contributed by atoms with Gasteiger partial charge in [0.25, 0.3) is 5.69 Å². The molecule has 0 radical (unpaired) electrons. The Morgan fingerprint density at radius 1 is 1.32 bits per heavy atom. The number of anilines is 1. The Kier molecular flexibility index (Phi) is 3.67. The normalized spacial score (nSPS) is 9.68. The summed E-state index contributed by atoms with van der Waals surface area (Å²) in [4.78, 5) is 24.5. The minimum absolute atomic E-state index is 0.175. The number of nitrogens with one attached hydrogen (secondary N) is 1. The Morgan fingerprint density at radius 2 is 2.16 bits per heavy atom. The number of nitro benzene ring substituents is 1. The minimum Gasteiger partial charge on any atom is -0.455 e. The van der Waals surface area contributed by atoms with E-state index in [9.17, 15) is 14.9 Å². The van der Waals surface area contributed by atoms with E-state index in [1.807, 2.05) is 0 Å². The van der Waals surface area contributed by atoms with Gasteiger partial charge in [0.1, 0.15) is 11.5 Å². The van der Waals surface area contributed by atoms with Crippen molar-refractivity contribution in [3.8, 4) is 11.5 Å². The van der Waals surface area contributed by atoms with Gasteiger partial charge >= 0.3 is 0 Å². The largest absolute Gasteiger partial charge is 0.455 e. The number of aromatic nitrogens is 1. The summed E-state index contributed by atoms with van der Waals surface area (Å²) < 4.78 is 5.43. The molecule has 0 saturated heterocycles. The molecule has 7 nitrogen and oxygen atoms in total. The molecule has 7 heteroatoms. The fourth-order valence-electron chi connectivity index (χ4n) is 1.44. The zero-order chi connectivity index (χ0) is 13.7. The van der Waals surface area contributed by atoms with Crippen LogP contribution in [-0.2, 0) is 4.79 Å². The summed E-state index contributed by atoms with van der Waals surface area (Å²) in [5.74, 6) is 0.687. The van der Waals surface area contributed by atoms with Crippen LogP contribution in [0.5, 0.6) is 11.5 Å². The van der Waals surface area contributed by atoms with Gasteiger partial charge in [0.2, 0.25) is 6.41 Å². The maximum Gasteiger partial charge on any atom is 0.275 e. The highest BCUT2D eigenvalue weighted by Crippen LogP contribution is 2.29. The Morgan fingerprint density at radius 3 is 2.79 bits per heavy atom. The lowest BCUT2D eigenvalue weighted by atomic mass is 10.2. The first-order chi connectivity index (χ1) is 9.19. The maximum absolute atomic E-state index is 10.8. The van der Waals surface area contributed by atoms with E-state index in [1.54, 1.807) is 18.3 Å². The fraction of sp³-hybridized carbons (Fsp3) is 0. The smallest absolute Gasteiger partial charge is 0.275 e. The molecule has 0 bridgehead atoms. The number of amides is 1. The van der Waals surface area contributed by atoms with Crippen LogP contribution in [0.25, 0.3) is 0 Å². The highest BCUT2D eigenvalue weighted by Gasteiger charge is 2.11. The Balaban J connectivity index is 2.33. The van der Waals surface area contributed by atoms with E-state index in [-0.39, 0.29) is 17.1 Å². The highest BCUT2D eigenvalue weighted by molar-refractivity contribution is 5.73. The third kappa shape index (κ3) is 3.25. The van der Waals surface area contributed by atoms with Gasteiger partial charge in [0.15, 0.2) is 0 Å². The number of rotatable bonds is 5. The van der Waals surface area contributed by atoms with Crippen LogP contribution >= 0.6 is 0 Å². The van der Waals surface area contributed by atoms with Crippen molar-refractivity contribution in [2.75, 3.05) is 5.32 Å². The minimum atomic E-state index is -0.563. The van der Waals surface area contributed by atoms with Gasteiger partial charge in [-0.3, -0.25) is 19.9 Å². The van der Waals surface area contributed by atoms with Gasteiger partial charge < -0.3 is 10.1 Å². The monoisotopic (exact) mass is 259 g/mol. The molecule has 1 heterocycles. The van der Waals surface area contributed by atoms with Gasteiger partial charge in [-0.25, -0.2) is 0 Å². The van der Waals surface area contributed by atoms with E-state index in [2.05, 4.69) is 10.3 Å². The van der Waals surface area contributed by atoms with E-state index in [4.69, 9.17) is 4.74 Å². The van der Waals surface area contributed by atoms with Crippen molar-refractivity contribution in [2.24, 2.45) is 0 Å². The van der Waals surface area contributed by atoms with Crippen LogP contribution in [0.2, 0.25) is 0 Å². The van der Waals surface area contributed by atoms with Crippen LogP contribution in [0, 0.1) is 10.1 Å². The number of ether oxygens (including phenoxy) is 1. The Hall–Kier alpha value is -2.96. The van der Waals surface area contributed by atoms with Crippen molar-refractivity contribution in [3.63, 3.8) is 0 Å². The summed E-state index contributed by atoms with van der Waals surface area (Å²) in [7, 11) is 0. The summed E-state index contributed by atoms with van der Waals surface area (Å²) in [6.07, 6.45) is 3.50. The molecule has 1 aromatic heterocycles. The molecule has 0 fully saturated rings. The lowest BCUT2D eigenvalue weighted by Gasteiger charge is -2.07. The predicted molar refractivity (Wildman–Crippen MR) is 67.1 cm³/mol. The zero-order valence-electron chi connectivity index (χ0n) is 9.65. The molecule has 0 aliphatic carbocycles. The molecule has 96 valence electrons. The first kappa shape index (κ1) is 12.5. The Labute approximate surface area is 108 Å². The number of pyridine rings is 1. The van der Waals surface area contributed by atoms with Gasteiger partial charge in [0.05, 0.1) is 22.9 Å². The summed E-state index contributed by atoms with van der Waals surface area (Å²) in [6.45, 7) is 0. The molecule has 19 heavy (non-hydrogen) atoms. The fourth-order valence-corrected chi connectivity index (χ4v) is 1.44. The second kappa shape index (κ2) is 5.58. The van der Waals surface area contributed by atoms with Crippen LogP contribution in [0.15, 0.2) is 42.7 Å². The standard InChI is InChI=1S/C12H9N3O4/c16-8-14-9-4-10(15(17)18)6-12(5-9)19-11-2-1-3-13-7-11/h1-8H,(H,14,16). The van der Waals surface area contributed by atoms with E-state index < -0.39 is 4.92 Å². The van der Waals surface area contributed by atoms with Crippen LogP contribution in [0.3, 0.4) is 0 Å². The second-order valence-electron chi connectivity index (χ2n) is 3.53. The number of carbonyl (C=O) groups is 1. The third-order valence-corrected chi connectivity index (χ3v) is 2.20. The lowest BCUT2D eigenvalue weighted by molar-refractivity contribution is -0.384. The van der Waals surface area contributed by atoms with Crippen molar-refractivity contribution >= 4 is 17.8 Å². The van der Waals surface area contributed by atoms with Crippen molar-refractivity contribution in [3.05, 3.63) is 52.8 Å². The number of nitro groups is 1. The van der Waals surface area contributed by atoms with Crippen molar-refractivity contribution in [1.82, 2.24) is 4.98 Å². The Bertz CT molecular complexity index is 601. The van der Waals surface area contributed by atoms with E-state index in [0.717, 1.165) is 0 Å². The van der Waals surface area contributed by atoms with E-state index >= 15 is 0 Å². The summed E-state index contributed by atoms with van der Waals surface area (Å²) in [6, 6.07) is 7.33. The molecule has 0 atom stereocenters. The number of benzene rings is 1. The SMILES string of the molecule is O=CNc1cc(Oc2cccnc2)cc([N+](=O)[O-])c1. The summed E-state index contributed by atoms with van der Waals surface area (Å²) in [5.41, 5.74) is 0.105. The quantitative estimate of drug-likeness (QED) is 0.505. The van der Waals surface area contributed by atoms with E-state index in [1.165, 1.54) is 24.4 Å². The molecule has 0 aliphatic rings. The number of nitrogens with zero attached hydrogens (tertiary/aromatic N) is 2. The average molecular weight is 259 g/mol. The van der Waals surface area contributed by atoms with Crippen LogP contribution in [0.4, 0.5) is 11.4 Å². The number of hydrogen-bond acceptors (Lipinski definition) is 5. The van der Waals surface area contributed by atoms with Crippen LogP contribution in [0.1, 0.15) is 0 Å². The van der Waals surface area contributed by atoms with Crippen molar-refractivity contribution < 1.29 is 14.5 Å². The summed E-state index contributed by atoms with van der Waals surface area (Å²) >= 11 is 0. The van der Waals surface area contributed by atoms with Gasteiger partial charge in [-0.2, -0.15) is 0 Å². The third-order valence-electron chi connectivity index (χ3n) is 2.20. The molecular weight excluding hydrogens is 250 g/mol. The van der Waals surface area contributed by atoms with Gasteiger partial charge in [-0.1, -0.05) is 0 Å². The lowest BCUT2D eigenvalue weighted by Crippen LogP contribution is -1.97. The van der Waals surface area contributed by atoms with Crippen molar-refractivity contribution in [2.45, 2.75) is 0 Å². The zero-order valence-corrected chi connectivity index (χ0v) is 9.65. The molecule has 0 saturated carbocycles. The molecule has 1 aromatic carbocycles. The topological polar surface area (TPSA) is 94.4 Å². The van der Waals surface area contributed by atoms with E-state index in [0.29, 0.717) is 12.2 Å². The second-order valence-corrected chi connectivity index (χ2v) is 3.53. The molecule has 1 N–H and O–H groups in total. The number of hydrogen-bond donors (Lipinski definition) is 1. The highest BCUT2D eigenvalue weighted by atomic mass is 16.6. The number of non-ortho nitro benzene ring substituents is 1. The van der Waals surface area contributed by atoms with Crippen LogP contribution < -0.4 is 10.1 Å². The molecule has 0 unspecified atom stereocenters. The molecule has 1 amide bonds. The molecule has 2 aromatic rings. The molecule has 0 aliphatic heterocycles. The summed E-state index contributed by atoms with van der Waals surface area (Å²) in [5, 5.41) is 13.1. The van der Waals surface area contributed by atoms with Crippen LogP contribution in [-0.4, -0.2) is 16.3 Å². The van der Waals surface area contributed by atoms with Gasteiger partial charge in [0, 0.05) is 18.3 Å². The van der Waals surface area contributed by atoms with Crippen molar-refractivity contribution in [1.29, 1.82) is 0 Å². The molecule has 0 spiro atoms. The van der Waals surface area contributed by atoms with Gasteiger partial charge in [-0.05, 0) is 12.1 Å². The number of carbonyl (C=O) groups excluding carboxylic acids is 1. The first-order valence-corrected chi connectivity index (χ1v) is 5.26. The molecular formula is C12H9N3O4. The molecule has 2 rings (SSSR count). The maximum atomic E-state index is 10.8. The average Bonchev–Trinajstić information content (AvgIpc) is 2.40. The predicted octanol–water partition coefficient (Wildman–Crippen LogP) is 2.35. The first-order valence-electron chi connectivity index (χ1n) is 5.26.